The lowest BCUT2D eigenvalue weighted by molar-refractivity contribution is -0.0515. The van der Waals surface area contributed by atoms with Crippen molar-refractivity contribution in [2.24, 2.45) is 11.8 Å². The highest BCUT2D eigenvalue weighted by molar-refractivity contribution is 5.94. The van der Waals surface area contributed by atoms with E-state index in [0.29, 0.717) is 37.6 Å². The second-order valence-corrected chi connectivity index (χ2v) is 11.7. The molecule has 2 atom stereocenters. The molecule has 1 saturated heterocycles. The Kier molecular flexibility index (Phi) is 9.97. The fourth-order valence-electron chi connectivity index (χ4n) is 4.52. The molecule has 1 aliphatic heterocycles. The highest BCUT2D eigenvalue weighted by Crippen LogP contribution is 2.37. The smallest absolute Gasteiger partial charge is 0.409 e. The number of carbonyl (C=O) groups is 3. The molecule has 1 aliphatic carbocycles. The van der Waals surface area contributed by atoms with Crippen LogP contribution in [0.5, 0.6) is 11.5 Å². The van der Waals surface area contributed by atoms with Crippen LogP contribution in [0.25, 0.3) is 11.5 Å². The zero-order valence-corrected chi connectivity index (χ0v) is 24.9. The van der Waals surface area contributed by atoms with E-state index < -0.39 is 36.3 Å². The predicted octanol–water partition coefficient (Wildman–Crippen LogP) is 5.14. The molecule has 14 heteroatoms. The van der Waals surface area contributed by atoms with E-state index in [-0.39, 0.29) is 41.3 Å². The molecule has 0 spiro atoms. The van der Waals surface area contributed by atoms with Gasteiger partial charge in [0, 0.05) is 25.2 Å². The molecule has 43 heavy (non-hydrogen) atoms. The van der Waals surface area contributed by atoms with Crippen molar-refractivity contribution in [3.63, 3.8) is 0 Å². The number of benzene rings is 1. The third-order valence-electron chi connectivity index (χ3n) is 6.84. The van der Waals surface area contributed by atoms with Crippen LogP contribution in [0.3, 0.4) is 0 Å². The van der Waals surface area contributed by atoms with Crippen LogP contribution in [-0.2, 0) is 9.47 Å². The molecule has 236 valence electrons. The number of aromatic nitrogens is 1. The highest BCUT2D eigenvalue weighted by Gasteiger charge is 2.31. The van der Waals surface area contributed by atoms with E-state index in [1.54, 1.807) is 32.6 Å². The van der Waals surface area contributed by atoms with Crippen LogP contribution in [0.15, 0.2) is 22.6 Å². The first-order valence-corrected chi connectivity index (χ1v) is 14.2. The van der Waals surface area contributed by atoms with Crippen LogP contribution in [-0.4, -0.2) is 73.5 Å². The molecule has 3 amide bonds. The van der Waals surface area contributed by atoms with Gasteiger partial charge in [-0.15, -0.1) is 0 Å². The van der Waals surface area contributed by atoms with Gasteiger partial charge in [-0.3, -0.25) is 4.79 Å². The van der Waals surface area contributed by atoms with Crippen LogP contribution in [0.1, 0.15) is 69.2 Å². The number of hydrogen-bond acceptors (Lipinski definition) is 9. The maximum absolute atomic E-state index is 13.4. The van der Waals surface area contributed by atoms with Crippen LogP contribution < -0.4 is 20.1 Å². The molecule has 1 aromatic heterocycles. The summed E-state index contributed by atoms with van der Waals surface area (Å²) in [6.45, 7) is 5.28. The second-order valence-electron chi connectivity index (χ2n) is 11.7. The van der Waals surface area contributed by atoms with E-state index in [4.69, 9.17) is 18.6 Å². The van der Waals surface area contributed by atoms with Gasteiger partial charge in [-0.05, 0) is 77.0 Å². The quantitative estimate of drug-likeness (QED) is 0.355. The number of ether oxygens (including phenoxy) is 4. The standard InChI is InChI=1S/C29H38F2N4O8/c1-16(33-27(37)43-29(2,3)4)23-22(24(36)32-13-18-10-11-35(14-18)28(38)39-5)34-25(42-23)19-8-9-20(41-26(30)31)21(12-19)40-15-17-6-7-17/h8-9,12,16-18,26H,6-7,10-11,13-15H2,1-5H3,(H,32,36)(H,33,37)/t16-,18?/m0/s1. The van der Waals surface area contributed by atoms with Gasteiger partial charge in [0.05, 0.1) is 19.8 Å². The second kappa shape index (κ2) is 13.5. The molecule has 2 fully saturated rings. The fraction of sp³-hybridized carbons (Fsp3) is 0.586. The molecule has 4 rings (SSSR count). The van der Waals surface area contributed by atoms with Gasteiger partial charge in [-0.2, -0.15) is 8.78 Å². The summed E-state index contributed by atoms with van der Waals surface area (Å²) in [7, 11) is 1.31. The molecule has 1 aromatic carbocycles. The van der Waals surface area contributed by atoms with E-state index in [1.807, 2.05) is 0 Å². The zero-order valence-electron chi connectivity index (χ0n) is 24.9. The third kappa shape index (κ3) is 8.94. The molecule has 0 bridgehead atoms. The van der Waals surface area contributed by atoms with Gasteiger partial charge in [0.1, 0.15) is 5.60 Å². The summed E-state index contributed by atoms with van der Waals surface area (Å²) in [5, 5.41) is 5.50. The van der Waals surface area contributed by atoms with Gasteiger partial charge in [-0.25, -0.2) is 14.6 Å². The fourth-order valence-corrected chi connectivity index (χ4v) is 4.52. The van der Waals surface area contributed by atoms with Crippen molar-refractivity contribution < 1.29 is 46.5 Å². The average molecular weight is 609 g/mol. The highest BCUT2D eigenvalue weighted by atomic mass is 19.3. The molecular weight excluding hydrogens is 570 g/mol. The first-order valence-electron chi connectivity index (χ1n) is 14.2. The molecule has 0 radical (unpaired) electrons. The maximum Gasteiger partial charge on any atom is 0.409 e. The Morgan fingerprint density at radius 3 is 2.53 bits per heavy atom. The number of alkyl carbamates (subject to hydrolysis) is 1. The summed E-state index contributed by atoms with van der Waals surface area (Å²) >= 11 is 0. The summed E-state index contributed by atoms with van der Waals surface area (Å²) in [6.07, 6.45) is 1.53. The predicted molar refractivity (Wildman–Crippen MR) is 149 cm³/mol. The summed E-state index contributed by atoms with van der Waals surface area (Å²) < 4.78 is 52.5. The van der Waals surface area contributed by atoms with Gasteiger partial charge in [0.15, 0.2) is 23.0 Å². The van der Waals surface area contributed by atoms with E-state index in [1.165, 1.54) is 25.3 Å². The van der Waals surface area contributed by atoms with Gasteiger partial charge in [0.25, 0.3) is 5.91 Å². The van der Waals surface area contributed by atoms with Gasteiger partial charge in [-0.1, -0.05) is 0 Å². The number of carbonyl (C=O) groups excluding carboxylic acids is 3. The number of amides is 3. The van der Waals surface area contributed by atoms with Crippen LogP contribution >= 0.6 is 0 Å². The van der Waals surface area contributed by atoms with Crippen molar-refractivity contribution >= 4 is 18.1 Å². The number of nitrogens with one attached hydrogen (secondary N) is 2. The topological polar surface area (TPSA) is 141 Å². The number of nitrogens with zero attached hydrogens (tertiary/aromatic N) is 2. The number of oxazole rings is 1. The van der Waals surface area contributed by atoms with E-state index >= 15 is 0 Å². The van der Waals surface area contributed by atoms with Crippen molar-refractivity contribution in [1.29, 1.82) is 0 Å². The lowest BCUT2D eigenvalue weighted by atomic mass is 10.1. The van der Waals surface area contributed by atoms with Crippen LogP contribution in [0.2, 0.25) is 0 Å². The van der Waals surface area contributed by atoms with Gasteiger partial charge < -0.3 is 38.9 Å². The molecule has 12 nitrogen and oxygen atoms in total. The lowest BCUT2D eigenvalue weighted by Crippen LogP contribution is -2.35. The van der Waals surface area contributed by atoms with Crippen molar-refractivity contribution in [3.05, 3.63) is 29.7 Å². The van der Waals surface area contributed by atoms with E-state index in [0.717, 1.165) is 12.8 Å². The minimum absolute atomic E-state index is 0.00346. The number of hydrogen-bond donors (Lipinski definition) is 2. The normalized spacial score (nSPS) is 17.4. The van der Waals surface area contributed by atoms with Crippen molar-refractivity contribution in [3.8, 4) is 23.0 Å². The van der Waals surface area contributed by atoms with Gasteiger partial charge in [0.2, 0.25) is 5.89 Å². The Bertz CT molecular complexity index is 1310. The molecule has 2 heterocycles. The SMILES string of the molecule is COC(=O)N1CCC(CNC(=O)c2nc(-c3ccc(OC(F)F)c(OCC4CC4)c3)oc2[C@H](C)NC(=O)OC(C)(C)C)C1. The minimum atomic E-state index is -3.04. The van der Waals surface area contributed by atoms with Gasteiger partial charge >= 0.3 is 18.8 Å². The largest absolute Gasteiger partial charge is 0.489 e. The number of alkyl halides is 2. The Labute approximate surface area is 248 Å². The Morgan fingerprint density at radius 1 is 1.14 bits per heavy atom. The third-order valence-corrected chi connectivity index (χ3v) is 6.84. The zero-order chi connectivity index (χ0) is 31.3. The summed E-state index contributed by atoms with van der Waals surface area (Å²) in [6, 6.07) is 3.42. The maximum atomic E-state index is 13.4. The summed E-state index contributed by atoms with van der Waals surface area (Å²) in [5.74, 6) is -0.171. The average Bonchev–Trinajstić information content (AvgIpc) is 3.45. The van der Waals surface area contributed by atoms with E-state index in [2.05, 4.69) is 20.4 Å². The first-order chi connectivity index (χ1) is 20.3. The molecule has 1 unspecified atom stereocenters. The van der Waals surface area contributed by atoms with E-state index in [9.17, 15) is 23.2 Å². The Morgan fingerprint density at radius 2 is 1.88 bits per heavy atom. The molecular formula is C29H38F2N4O8. The molecule has 2 aromatic rings. The number of methoxy groups -OCH3 is 1. The molecule has 2 N–H and O–H groups in total. The molecule has 1 saturated carbocycles. The molecule has 2 aliphatic rings. The van der Waals surface area contributed by atoms with Crippen molar-refractivity contribution in [1.82, 2.24) is 20.5 Å². The lowest BCUT2D eigenvalue weighted by Gasteiger charge is -2.21. The Hall–Kier alpha value is -4.10. The minimum Gasteiger partial charge on any atom is -0.489 e. The van der Waals surface area contributed by atoms with Crippen molar-refractivity contribution in [2.75, 3.05) is 33.4 Å². The first kappa shape index (κ1) is 31.8. The van der Waals surface area contributed by atoms with Crippen LogP contribution in [0, 0.1) is 11.8 Å². The number of halogens is 2. The number of likely N-dealkylation sites (tertiary alicyclic amines) is 1. The monoisotopic (exact) mass is 608 g/mol. The van der Waals surface area contributed by atoms with Crippen molar-refractivity contribution in [2.45, 2.75) is 65.2 Å². The number of rotatable bonds is 11. The Balaban J connectivity index is 1.58. The summed E-state index contributed by atoms with van der Waals surface area (Å²) in [5.41, 5.74) is -0.481. The summed E-state index contributed by atoms with van der Waals surface area (Å²) in [4.78, 5) is 43.7. The van der Waals surface area contributed by atoms with Crippen LogP contribution in [0.4, 0.5) is 18.4 Å².